The van der Waals surface area contributed by atoms with Crippen LogP contribution >= 0.6 is 0 Å². The molecular weight excluding hydrogens is 219 g/mol. The van der Waals surface area contributed by atoms with Gasteiger partial charge in [-0.25, -0.2) is 0 Å². The molecular formula is C11H10F3NO. The van der Waals surface area contributed by atoms with E-state index in [1.807, 2.05) is 0 Å². The van der Waals surface area contributed by atoms with E-state index in [0.29, 0.717) is 24.1 Å². The maximum atomic E-state index is 12.4. The average Bonchev–Trinajstić information content (AvgIpc) is 2.22. The number of nitrogens with zero attached hydrogens (tertiary/aromatic N) is 1. The molecule has 1 amide bonds. The Bertz CT molecular complexity index is 439. The van der Waals surface area contributed by atoms with Crippen LogP contribution in [0.5, 0.6) is 0 Å². The van der Waals surface area contributed by atoms with Gasteiger partial charge in [0, 0.05) is 19.2 Å². The Hall–Kier alpha value is -1.52. The van der Waals surface area contributed by atoms with E-state index in [4.69, 9.17) is 0 Å². The smallest absolute Gasteiger partial charge is 0.341 e. The zero-order valence-electron chi connectivity index (χ0n) is 8.64. The molecule has 5 heteroatoms. The molecule has 0 aromatic heterocycles. The summed E-state index contributed by atoms with van der Waals surface area (Å²) < 4.78 is 37.3. The fourth-order valence-electron chi connectivity index (χ4n) is 1.78. The number of benzene rings is 1. The van der Waals surface area contributed by atoms with Gasteiger partial charge in [-0.05, 0) is 30.2 Å². The van der Waals surface area contributed by atoms with Crippen LogP contribution in [-0.4, -0.2) is 24.4 Å². The van der Waals surface area contributed by atoms with Crippen molar-refractivity contribution in [2.24, 2.45) is 0 Å². The summed E-state index contributed by atoms with van der Waals surface area (Å²) >= 11 is 0. The number of alkyl halides is 3. The molecule has 0 radical (unpaired) electrons. The minimum absolute atomic E-state index is 0.213. The molecule has 1 aromatic rings. The van der Waals surface area contributed by atoms with Gasteiger partial charge < -0.3 is 4.90 Å². The zero-order valence-corrected chi connectivity index (χ0v) is 8.64. The second-order valence-electron chi connectivity index (χ2n) is 3.85. The zero-order chi connectivity index (χ0) is 11.9. The topological polar surface area (TPSA) is 20.3 Å². The SMILES string of the molecule is CN1CCc2cc(C(F)(F)F)ccc2C1=O. The van der Waals surface area contributed by atoms with Crippen molar-refractivity contribution in [1.29, 1.82) is 0 Å². The first-order valence-electron chi connectivity index (χ1n) is 4.85. The van der Waals surface area contributed by atoms with Gasteiger partial charge in [0.2, 0.25) is 0 Å². The average molecular weight is 229 g/mol. The van der Waals surface area contributed by atoms with Crippen LogP contribution in [0.15, 0.2) is 18.2 Å². The molecule has 0 saturated heterocycles. The third-order valence-corrected chi connectivity index (χ3v) is 2.73. The van der Waals surface area contributed by atoms with E-state index in [0.717, 1.165) is 12.1 Å². The van der Waals surface area contributed by atoms with Crippen LogP contribution in [-0.2, 0) is 12.6 Å². The Balaban J connectivity index is 2.45. The molecule has 2 nitrogen and oxygen atoms in total. The summed E-state index contributed by atoms with van der Waals surface area (Å²) in [6, 6.07) is 3.28. The first-order valence-corrected chi connectivity index (χ1v) is 4.85. The monoisotopic (exact) mass is 229 g/mol. The standard InChI is InChI=1S/C11H10F3NO/c1-15-5-4-7-6-8(11(12,13)14)2-3-9(7)10(15)16/h2-3,6H,4-5H2,1H3. The molecule has 16 heavy (non-hydrogen) atoms. The Labute approximate surface area is 90.7 Å². The van der Waals surface area contributed by atoms with Gasteiger partial charge in [0.15, 0.2) is 0 Å². The predicted molar refractivity (Wildman–Crippen MR) is 52.1 cm³/mol. The van der Waals surface area contributed by atoms with Gasteiger partial charge in [-0.2, -0.15) is 13.2 Å². The second kappa shape index (κ2) is 3.50. The first-order chi connectivity index (χ1) is 7.39. The van der Waals surface area contributed by atoms with E-state index in [1.165, 1.54) is 11.0 Å². The predicted octanol–water partition coefficient (Wildman–Crippen LogP) is 2.33. The molecule has 1 aliphatic heterocycles. The van der Waals surface area contributed by atoms with Crippen LogP contribution in [0.2, 0.25) is 0 Å². The van der Waals surface area contributed by atoms with Crippen molar-refractivity contribution in [3.05, 3.63) is 34.9 Å². The summed E-state index contributed by atoms with van der Waals surface area (Å²) in [5.74, 6) is -0.213. The molecule has 1 aromatic carbocycles. The van der Waals surface area contributed by atoms with E-state index < -0.39 is 11.7 Å². The summed E-state index contributed by atoms with van der Waals surface area (Å²) in [5.41, 5.74) is 0.170. The number of likely N-dealkylation sites (N-methyl/N-ethyl adjacent to an activating group) is 1. The van der Waals surface area contributed by atoms with Gasteiger partial charge in [-0.3, -0.25) is 4.79 Å². The minimum atomic E-state index is -4.35. The maximum absolute atomic E-state index is 12.4. The number of halogens is 3. The molecule has 0 bridgehead atoms. The summed E-state index contributed by atoms with van der Waals surface area (Å²) in [7, 11) is 1.64. The van der Waals surface area contributed by atoms with Gasteiger partial charge >= 0.3 is 6.18 Å². The summed E-state index contributed by atoms with van der Waals surface area (Å²) in [6.45, 7) is 0.465. The number of rotatable bonds is 0. The third kappa shape index (κ3) is 1.77. The fraction of sp³-hybridized carbons (Fsp3) is 0.364. The van der Waals surface area contributed by atoms with Crippen molar-refractivity contribution < 1.29 is 18.0 Å². The highest BCUT2D eigenvalue weighted by Gasteiger charge is 2.32. The highest BCUT2D eigenvalue weighted by molar-refractivity contribution is 5.96. The van der Waals surface area contributed by atoms with Gasteiger partial charge in [-0.15, -0.1) is 0 Å². The highest BCUT2D eigenvalue weighted by atomic mass is 19.4. The second-order valence-corrected chi connectivity index (χ2v) is 3.85. The van der Waals surface area contributed by atoms with E-state index in [1.54, 1.807) is 7.05 Å². The van der Waals surface area contributed by atoms with Crippen LogP contribution in [0.4, 0.5) is 13.2 Å². The van der Waals surface area contributed by atoms with Gasteiger partial charge in [0.1, 0.15) is 0 Å². The van der Waals surface area contributed by atoms with Crippen LogP contribution < -0.4 is 0 Å². The quantitative estimate of drug-likeness (QED) is 0.668. The largest absolute Gasteiger partial charge is 0.416 e. The number of carbonyl (C=O) groups is 1. The molecule has 0 unspecified atom stereocenters. The Kier molecular flexibility index (Phi) is 2.40. The van der Waals surface area contributed by atoms with Crippen molar-refractivity contribution in [3.8, 4) is 0 Å². The number of fused-ring (bicyclic) bond motifs is 1. The fourth-order valence-corrected chi connectivity index (χ4v) is 1.78. The number of carbonyl (C=O) groups excluding carboxylic acids is 1. The van der Waals surface area contributed by atoms with Gasteiger partial charge in [0.05, 0.1) is 5.56 Å². The Morgan fingerprint density at radius 1 is 1.31 bits per heavy atom. The molecule has 0 saturated carbocycles. The molecule has 0 fully saturated rings. The van der Waals surface area contributed by atoms with Crippen LogP contribution in [0.25, 0.3) is 0 Å². The van der Waals surface area contributed by atoms with Crippen molar-refractivity contribution in [1.82, 2.24) is 4.90 Å². The van der Waals surface area contributed by atoms with Gasteiger partial charge in [0.25, 0.3) is 5.91 Å². The maximum Gasteiger partial charge on any atom is 0.416 e. The van der Waals surface area contributed by atoms with E-state index >= 15 is 0 Å². The molecule has 2 rings (SSSR count). The van der Waals surface area contributed by atoms with Crippen LogP contribution in [0, 0.1) is 0 Å². The first kappa shape index (κ1) is 11.0. The van der Waals surface area contributed by atoms with Crippen molar-refractivity contribution in [2.75, 3.05) is 13.6 Å². The highest BCUT2D eigenvalue weighted by Crippen LogP contribution is 2.31. The van der Waals surface area contributed by atoms with E-state index in [2.05, 4.69) is 0 Å². The van der Waals surface area contributed by atoms with Gasteiger partial charge in [-0.1, -0.05) is 0 Å². The molecule has 0 aliphatic carbocycles. The lowest BCUT2D eigenvalue weighted by Crippen LogP contribution is -2.34. The van der Waals surface area contributed by atoms with Crippen LogP contribution in [0.1, 0.15) is 21.5 Å². The Morgan fingerprint density at radius 2 is 2.00 bits per heavy atom. The molecule has 0 spiro atoms. The summed E-state index contributed by atoms with van der Waals surface area (Å²) in [4.78, 5) is 13.1. The number of hydrogen-bond donors (Lipinski definition) is 0. The van der Waals surface area contributed by atoms with E-state index in [9.17, 15) is 18.0 Å². The lowest BCUT2D eigenvalue weighted by Gasteiger charge is -2.25. The van der Waals surface area contributed by atoms with E-state index in [-0.39, 0.29) is 5.91 Å². The molecule has 86 valence electrons. The third-order valence-electron chi connectivity index (χ3n) is 2.73. The summed E-state index contributed by atoms with van der Waals surface area (Å²) in [5, 5.41) is 0. The van der Waals surface area contributed by atoms with Crippen molar-refractivity contribution in [3.63, 3.8) is 0 Å². The lowest BCUT2D eigenvalue weighted by molar-refractivity contribution is -0.137. The molecule has 0 N–H and O–H groups in total. The molecule has 1 aliphatic rings. The molecule has 0 atom stereocenters. The normalized spacial score (nSPS) is 16.2. The van der Waals surface area contributed by atoms with Crippen molar-refractivity contribution in [2.45, 2.75) is 12.6 Å². The number of amides is 1. The van der Waals surface area contributed by atoms with Crippen LogP contribution in [0.3, 0.4) is 0 Å². The molecule has 1 heterocycles. The Morgan fingerprint density at radius 3 is 2.62 bits per heavy atom. The lowest BCUT2D eigenvalue weighted by atomic mass is 9.97. The number of hydrogen-bond acceptors (Lipinski definition) is 1. The summed E-state index contributed by atoms with van der Waals surface area (Å²) in [6.07, 6.45) is -3.87. The minimum Gasteiger partial charge on any atom is -0.341 e. The van der Waals surface area contributed by atoms with Crippen molar-refractivity contribution >= 4 is 5.91 Å².